The maximum atomic E-state index is 12.9. The fraction of sp³-hybridized carbons (Fsp3) is 0.364. The monoisotopic (exact) mass is 350 g/mol. The van der Waals surface area contributed by atoms with Gasteiger partial charge < -0.3 is 9.80 Å². The summed E-state index contributed by atoms with van der Waals surface area (Å²) < 4.78 is 0. The summed E-state index contributed by atoms with van der Waals surface area (Å²) >= 11 is 0. The summed E-state index contributed by atoms with van der Waals surface area (Å²) in [6.45, 7) is 5.23. The van der Waals surface area contributed by atoms with Gasteiger partial charge in [0.2, 0.25) is 5.91 Å². The topological polar surface area (TPSA) is 40.6 Å². The zero-order valence-electron chi connectivity index (χ0n) is 15.7. The Balaban J connectivity index is 1.69. The van der Waals surface area contributed by atoms with E-state index in [4.69, 9.17) is 0 Å². The summed E-state index contributed by atoms with van der Waals surface area (Å²) in [5.74, 6) is -0.0554. The van der Waals surface area contributed by atoms with Crippen molar-refractivity contribution in [2.24, 2.45) is 5.92 Å². The Morgan fingerprint density at radius 2 is 1.54 bits per heavy atom. The van der Waals surface area contributed by atoms with Crippen LogP contribution in [0.15, 0.2) is 48.5 Å². The third-order valence-electron chi connectivity index (χ3n) is 5.11. The lowest BCUT2D eigenvalue weighted by molar-refractivity contribution is -0.123. The number of likely N-dealkylation sites (tertiary alicyclic amines) is 1. The molecule has 0 saturated carbocycles. The van der Waals surface area contributed by atoms with Crippen LogP contribution in [-0.4, -0.2) is 36.9 Å². The Labute approximate surface area is 155 Å². The fourth-order valence-corrected chi connectivity index (χ4v) is 3.41. The van der Waals surface area contributed by atoms with Crippen molar-refractivity contribution in [1.29, 1.82) is 0 Å². The molecule has 26 heavy (non-hydrogen) atoms. The highest BCUT2D eigenvalue weighted by molar-refractivity contribution is 5.97. The van der Waals surface area contributed by atoms with Gasteiger partial charge in [0.15, 0.2) is 0 Å². The van der Waals surface area contributed by atoms with Gasteiger partial charge in [-0.05, 0) is 51.0 Å². The smallest absolute Gasteiger partial charge is 0.253 e. The number of rotatable bonds is 3. The molecule has 0 radical (unpaired) electrons. The molecule has 0 bridgehead atoms. The fourth-order valence-electron chi connectivity index (χ4n) is 3.41. The predicted molar refractivity (Wildman–Crippen MR) is 104 cm³/mol. The quantitative estimate of drug-likeness (QED) is 0.844. The molecule has 2 aromatic carbocycles. The highest BCUT2D eigenvalue weighted by Crippen LogP contribution is 2.23. The standard InChI is InChI=1S/C22H26N2O2/c1-16-6-10-18(11-7-16)22(26)24-14-4-5-19(15-24)21(25)23(3)20-12-8-17(2)9-13-20/h6-13,19H,4-5,14-15H2,1-3H3. The second-order valence-corrected chi connectivity index (χ2v) is 7.19. The first kappa shape index (κ1) is 18.2. The minimum Gasteiger partial charge on any atom is -0.338 e. The van der Waals surface area contributed by atoms with Crippen LogP contribution >= 0.6 is 0 Å². The second-order valence-electron chi connectivity index (χ2n) is 7.19. The molecule has 2 aromatic rings. The van der Waals surface area contributed by atoms with E-state index >= 15 is 0 Å². The van der Waals surface area contributed by atoms with Crippen molar-refractivity contribution < 1.29 is 9.59 Å². The lowest BCUT2D eigenvalue weighted by Crippen LogP contribution is -2.46. The molecule has 4 heteroatoms. The van der Waals surface area contributed by atoms with E-state index in [1.165, 1.54) is 5.56 Å². The largest absolute Gasteiger partial charge is 0.338 e. The molecule has 0 aliphatic carbocycles. The summed E-state index contributed by atoms with van der Waals surface area (Å²) in [7, 11) is 1.81. The summed E-state index contributed by atoms with van der Waals surface area (Å²) in [6.07, 6.45) is 1.68. The van der Waals surface area contributed by atoms with Gasteiger partial charge in [0.1, 0.15) is 0 Å². The number of nitrogens with zero attached hydrogens (tertiary/aromatic N) is 2. The van der Waals surface area contributed by atoms with Crippen LogP contribution in [0, 0.1) is 19.8 Å². The van der Waals surface area contributed by atoms with E-state index < -0.39 is 0 Å². The molecule has 4 nitrogen and oxygen atoms in total. The van der Waals surface area contributed by atoms with E-state index in [0.29, 0.717) is 18.7 Å². The van der Waals surface area contributed by atoms with E-state index in [1.807, 2.05) is 74.3 Å². The molecule has 1 aliphatic heterocycles. The van der Waals surface area contributed by atoms with E-state index in [-0.39, 0.29) is 17.7 Å². The highest BCUT2D eigenvalue weighted by atomic mass is 16.2. The molecule has 0 aromatic heterocycles. The molecule has 1 aliphatic rings. The number of piperidine rings is 1. The first-order valence-electron chi connectivity index (χ1n) is 9.16. The van der Waals surface area contributed by atoms with Crippen LogP contribution in [0.5, 0.6) is 0 Å². The number of aryl methyl sites for hydroxylation is 2. The van der Waals surface area contributed by atoms with Crippen molar-refractivity contribution in [2.45, 2.75) is 26.7 Å². The van der Waals surface area contributed by atoms with Crippen LogP contribution in [0.2, 0.25) is 0 Å². The van der Waals surface area contributed by atoms with Crippen molar-refractivity contribution in [3.05, 3.63) is 65.2 Å². The summed E-state index contributed by atoms with van der Waals surface area (Å²) in [4.78, 5) is 29.2. The van der Waals surface area contributed by atoms with Gasteiger partial charge in [0, 0.05) is 31.4 Å². The Kier molecular flexibility index (Phi) is 5.40. The van der Waals surface area contributed by atoms with Gasteiger partial charge in [-0.25, -0.2) is 0 Å². The minimum absolute atomic E-state index is 0.0143. The third kappa shape index (κ3) is 3.96. The van der Waals surface area contributed by atoms with Gasteiger partial charge in [-0.15, -0.1) is 0 Å². The molecule has 1 heterocycles. The second kappa shape index (κ2) is 7.73. The van der Waals surface area contributed by atoms with Crippen molar-refractivity contribution in [1.82, 2.24) is 4.90 Å². The zero-order chi connectivity index (χ0) is 18.7. The number of benzene rings is 2. The molecular formula is C22H26N2O2. The van der Waals surface area contributed by atoms with E-state index in [0.717, 1.165) is 24.1 Å². The zero-order valence-corrected chi connectivity index (χ0v) is 15.7. The van der Waals surface area contributed by atoms with Crippen molar-refractivity contribution in [2.75, 3.05) is 25.0 Å². The molecule has 0 spiro atoms. The first-order valence-corrected chi connectivity index (χ1v) is 9.16. The van der Waals surface area contributed by atoms with Gasteiger partial charge >= 0.3 is 0 Å². The maximum Gasteiger partial charge on any atom is 0.253 e. The molecule has 3 rings (SSSR count). The maximum absolute atomic E-state index is 12.9. The van der Waals surface area contributed by atoms with Crippen LogP contribution in [0.4, 0.5) is 5.69 Å². The van der Waals surface area contributed by atoms with Crippen LogP contribution < -0.4 is 4.90 Å². The number of anilines is 1. The van der Waals surface area contributed by atoms with Gasteiger partial charge in [-0.2, -0.15) is 0 Å². The normalized spacial score (nSPS) is 17.0. The number of hydrogen-bond donors (Lipinski definition) is 0. The van der Waals surface area contributed by atoms with E-state index in [1.54, 1.807) is 4.90 Å². The first-order chi connectivity index (χ1) is 12.5. The molecular weight excluding hydrogens is 324 g/mol. The van der Waals surface area contributed by atoms with Gasteiger partial charge in [0.05, 0.1) is 5.92 Å². The average molecular weight is 350 g/mol. The van der Waals surface area contributed by atoms with Crippen LogP contribution in [0.3, 0.4) is 0 Å². The van der Waals surface area contributed by atoms with Gasteiger partial charge in [0.25, 0.3) is 5.91 Å². The summed E-state index contributed by atoms with van der Waals surface area (Å²) in [5.41, 5.74) is 3.88. The molecule has 0 N–H and O–H groups in total. The number of amides is 2. The highest BCUT2D eigenvalue weighted by Gasteiger charge is 2.31. The number of carbonyl (C=O) groups excluding carboxylic acids is 2. The molecule has 2 amide bonds. The number of hydrogen-bond acceptors (Lipinski definition) is 2. The Hall–Kier alpha value is -2.62. The molecule has 1 saturated heterocycles. The van der Waals surface area contributed by atoms with Crippen molar-refractivity contribution in [3.63, 3.8) is 0 Å². The molecule has 1 fully saturated rings. The SMILES string of the molecule is Cc1ccc(C(=O)N2CCCC(C(=O)N(C)c3ccc(C)cc3)C2)cc1. The van der Waals surface area contributed by atoms with E-state index in [2.05, 4.69) is 0 Å². The summed E-state index contributed by atoms with van der Waals surface area (Å²) in [5, 5.41) is 0. The molecule has 1 unspecified atom stereocenters. The molecule has 136 valence electrons. The lowest BCUT2D eigenvalue weighted by Gasteiger charge is -2.34. The lowest BCUT2D eigenvalue weighted by atomic mass is 9.95. The summed E-state index contributed by atoms with van der Waals surface area (Å²) in [6, 6.07) is 15.6. The third-order valence-corrected chi connectivity index (χ3v) is 5.11. The van der Waals surface area contributed by atoms with Crippen LogP contribution in [-0.2, 0) is 4.79 Å². The average Bonchev–Trinajstić information content (AvgIpc) is 2.67. The van der Waals surface area contributed by atoms with Crippen molar-refractivity contribution in [3.8, 4) is 0 Å². The van der Waals surface area contributed by atoms with Crippen LogP contribution in [0.1, 0.15) is 34.3 Å². The minimum atomic E-state index is -0.149. The van der Waals surface area contributed by atoms with E-state index in [9.17, 15) is 9.59 Å². The Morgan fingerprint density at radius 3 is 2.15 bits per heavy atom. The van der Waals surface area contributed by atoms with Crippen molar-refractivity contribution >= 4 is 17.5 Å². The predicted octanol–water partition coefficient (Wildman–Crippen LogP) is 3.82. The number of carbonyl (C=O) groups is 2. The Morgan fingerprint density at radius 1 is 0.962 bits per heavy atom. The van der Waals surface area contributed by atoms with Gasteiger partial charge in [-0.1, -0.05) is 35.4 Å². The van der Waals surface area contributed by atoms with Crippen LogP contribution in [0.25, 0.3) is 0 Å². The Bertz CT molecular complexity index is 781. The van der Waals surface area contributed by atoms with Gasteiger partial charge in [-0.3, -0.25) is 9.59 Å². The molecule has 1 atom stereocenters.